The average molecular weight is 387 g/mol. The number of alkyl halides is 3. The van der Waals surface area contributed by atoms with Gasteiger partial charge in [0.15, 0.2) is 0 Å². The molecule has 0 saturated carbocycles. The van der Waals surface area contributed by atoms with Crippen LogP contribution in [0.3, 0.4) is 0 Å². The van der Waals surface area contributed by atoms with Gasteiger partial charge in [-0.3, -0.25) is 0 Å². The summed E-state index contributed by atoms with van der Waals surface area (Å²) >= 11 is 0. The first kappa shape index (κ1) is 18.7. The number of para-hydroxylation sites is 1. The minimum absolute atomic E-state index is 0.209. The van der Waals surface area contributed by atoms with Crippen LogP contribution < -0.4 is 10.2 Å². The van der Waals surface area contributed by atoms with Gasteiger partial charge in [0, 0.05) is 30.3 Å². The van der Waals surface area contributed by atoms with Gasteiger partial charge < -0.3 is 10.2 Å². The summed E-state index contributed by atoms with van der Waals surface area (Å²) in [4.78, 5) is 8.99. The van der Waals surface area contributed by atoms with Crippen LogP contribution in [0.5, 0.6) is 0 Å². The van der Waals surface area contributed by atoms with E-state index >= 15 is 0 Å². The van der Waals surface area contributed by atoms with Gasteiger partial charge in [0.1, 0.15) is 12.4 Å². The molecule has 1 fully saturated rings. The second kappa shape index (κ2) is 7.75. The third-order valence-electron chi connectivity index (χ3n) is 5.17. The largest absolute Gasteiger partial charge is 0.451 e. The molecule has 0 aliphatic carbocycles. The van der Waals surface area contributed by atoms with E-state index in [0.29, 0.717) is 11.9 Å². The molecular formula is C21H22F3N4+. The highest BCUT2D eigenvalue weighted by Gasteiger charge is 2.35. The van der Waals surface area contributed by atoms with Gasteiger partial charge in [-0.1, -0.05) is 36.4 Å². The summed E-state index contributed by atoms with van der Waals surface area (Å²) in [5.41, 5.74) is 2.58. The van der Waals surface area contributed by atoms with Crippen molar-refractivity contribution in [3.63, 3.8) is 0 Å². The SMILES string of the molecule is FC(F)(F)c1nc(NCc2ccccc2C[NH+]2CCCC2)c2ccccc2n1. The van der Waals surface area contributed by atoms with E-state index in [1.165, 1.54) is 31.5 Å². The number of rotatable bonds is 5. The van der Waals surface area contributed by atoms with Crippen LogP contribution in [0.25, 0.3) is 10.9 Å². The molecule has 28 heavy (non-hydrogen) atoms. The summed E-state index contributed by atoms with van der Waals surface area (Å²) in [5.74, 6) is -0.912. The Balaban J connectivity index is 1.61. The number of nitrogens with one attached hydrogen (secondary N) is 2. The Morgan fingerprint density at radius 3 is 2.32 bits per heavy atom. The molecule has 1 aliphatic rings. The lowest BCUT2D eigenvalue weighted by Crippen LogP contribution is -3.08. The van der Waals surface area contributed by atoms with Crippen molar-refractivity contribution in [2.24, 2.45) is 0 Å². The topological polar surface area (TPSA) is 42.2 Å². The first-order valence-corrected chi connectivity index (χ1v) is 9.49. The number of aromatic nitrogens is 2. The fourth-order valence-electron chi connectivity index (χ4n) is 3.74. The Kier molecular flexibility index (Phi) is 5.17. The molecule has 2 heterocycles. The zero-order valence-electron chi connectivity index (χ0n) is 15.4. The summed E-state index contributed by atoms with van der Waals surface area (Å²) in [6.07, 6.45) is -2.08. The summed E-state index contributed by atoms with van der Waals surface area (Å²) in [7, 11) is 0. The standard InChI is InChI=1S/C21H21F3N4/c22-21(23,24)20-26-18-10-4-3-9-17(18)19(27-20)25-13-15-7-1-2-8-16(15)14-28-11-5-6-12-28/h1-4,7-10H,5-6,11-14H2,(H,25,26,27)/p+1. The minimum Gasteiger partial charge on any atom is -0.365 e. The maximum absolute atomic E-state index is 13.2. The normalized spacial score (nSPS) is 15.2. The Hall–Kier alpha value is -2.67. The van der Waals surface area contributed by atoms with E-state index in [9.17, 15) is 13.2 Å². The molecule has 0 spiro atoms. The molecule has 0 atom stereocenters. The van der Waals surface area contributed by atoms with Crippen molar-refractivity contribution in [2.45, 2.75) is 32.1 Å². The molecular weight excluding hydrogens is 365 g/mol. The Bertz CT molecular complexity index is 965. The predicted octanol–water partition coefficient (Wildman–Crippen LogP) is 3.44. The van der Waals surface area contributed by atoms with Gasteiger partial charge in [-0.25, -0.2) is 9.97 Å². The van der Waals surface area contributed by atoms with E-state index in [4.69, 9.17) is 0 Å². The number of benzene rings is 2. The molecule has 0 amide bonds. The van der Waals surface area contributed by atoms with Crippen molar-refractivity contribution in [2.75, 3.05) is 18.4 Å². The van der Waals surface area contributed by atoms with Gasteiger partial charge in [-0.05, 0) is 17.7 Å². The van der Waals surface area contributed by atoms with Crippen LogP contribution in [0, 0.1) is 0 Å². The van der Waals surface area contributed by atoms with E-state index in [1.54, 1.807) is 29.2 Å². The average Bonchev–Trinajstić information content (AvgIpc) is 3.19. The Morgan fingerprint density at radius 2 is 1.57 bits per heavy atom. The molecule has 2 aromatic carbocycles. The van der Waals surface area contributed by atoms with Crippen molar-refractivity contribution >= 4 is 16.7 Å². The van der Waals surface area contributed by atoms with Crippen LogP contribution in [0.2, 0.25) is 0 Å². The fourth-order valence-corrected chi connectivity index (χ4v) is 3.74. The van der Waals surface area contributed by atoms with Crippen LogP contribution in [-0.4, -0.2) is 23.1 Å². The third kappa shape index (κ3) is 4.09. The number of hydrogen-bond donors (Lipinski definition) is 2. The molecule has 146 valence electrons. The molecule has 0 radical (unpaired) electrons. The van der Waals surface area contributed by atoms with Crippen molar-refractivity contribution in [1.82, 2.24) is 9.97 Å². The molecule has 2 N–H and O–H groups in total. The lowest BCUT2D eigenvalue weighted by molar-refractivity contribution is -0.901. The molecule has 0 bridgehead atoms. The lowest BCUT2D eigenvalue weighted by atomic mass is 10.1. The molecule has 1 aromatic heterocycles. The minimum atomic E-state index is -4.59. The van der Waals surface area contributed by atoms with Gasteiger partial charge >= 0.3 is 6.18 Å². The molecule has 0 unspecified atom stereocenters. The first-order valence-electron chi connectivity index (χ1n) is 9.49. The predicted molar refractivity (Wildman–Crippen MR) is 102 cm³/mol. The zero-order chi connectivity index (χ0) is 19.6. The summed E-state index contributed by atoms with van der Waals surface area (Å²) in [6, 6.07) is 14.8. The number of nitrogens with zero attached hydrogens (tertiary/aromatic N) is 2. The van der Waals surface area contributed by atoms with E-state index in [-0.39, 0.29) is 11.3 Å². The van der Waals surface area contributed by atoms with E-state index in [1.807, 2.05) is 18.2 Å². The maximum atomic E-state index is 13.2. The summed E-state index contributed by atoms with van der Waals surface area (Å²) < 4.78 is 39.6. The van der Waals surface area contributed by atoms with E-state index in [2.05, 4.69) is 21.4 Å². The highest BCUT2D eigenvalue weighted by atomic mass is 19.4. The van der Waals surface area contributed by atoms with Crippen molar-refractivity contribution in [3.8, 4) is 0 Å². The molecule has 3 aromatic rings. The molecule has 4 rings (SSSR count). The quantitative estimate of drug-likeness (QED) is 0.705. The lowest BCUT2D eigenvalue weighted by Gasteiger charge is -2.16. The summed E-state index contributed by atoms with van der Waals surface area (Å²) in [5, 5.41) is 3.70. The Morgan fingerprint density at radius 1 is 0.893 bits per heavy atom. The second-order valence-corrected chi connectivity index (χ2v) is 7.17. The fraction of sp³-hybridized carbons (Fsp3) is 0.333. The molecule has 1 saturated heterocycles. The molecule has 1 aliphatic heterocycles. The van der Waals surface area contributed by atoms with Crippen LogP contribution in [0.4, 0.5) is 19.0 Å². The van der Waals surface area contributed by atoms with Gasteiger partial charge in [-0.2, -0.15) is 13.2 Å². The zero-order valence-corrected chi connectivity index (χ0v) is 15.4. The van der Waals surface area contributed by atoms with Crippen LogP contribution in [-0.2, 0) is 19.3 Å². The maximum Gasteiger partial charge on any atom is 0.451 e. The third-order valence-corrected chi connectivity index (χ3v) is 5.17. The van der Waals surface area contributed by atoms with Crippen molar-refractivity contribution < 1.29 is 18.1 Å². The van der Waals surface area contributed by atoms with Crippen molar-refractivity contribution in [1.29, 1.82) is 0 Å². The second-order valence-electron chi connectivity index (χ2n) is 7.17. The first-order chi connectivity index (χ1) is 13.5. The smallest absolute Gasteiger partial charge is 0.365 e. The highest BCUT2D eigenvalue weighted by Crippen LogP contribution is 2.30. The number of anilines is 1. The van der Waals surface area contributed by atoms with Crippen LogP contribution in [0.15, 0.2) is 48.5 Å². The highest BCUT2D eigenvalue weighted by molar-refractivity contribution is 5.89. The van der Waals surface area contributed by atoms with Gasteiger partial charge in [0.2, 0.25) is 5.82 Å². The number of halogens is 3. The van der Waals surface area contributed by atoms with E-state index < -0.39 is 12.0 Å². The Labute approximate surface area is 161 Å². The van der Waals surface area contributed by atoms with Gasteiger partial charge in [0.05, 0.1) is 18.6 Å². The molecule has 7 heteroatoms. The van der Waals surface area contributed by atoms with E-state index in [0.717, 1.165) is 12.1 Å². The number of fused-ring (bicyclic) bond motifs is 1. The van der Waals surface area contributed by atoms with Crippen LogP contribution in [0.1, 0.15) is 29.8 Å². The number of quaternary nitrogens is 1. The van der Waals surface area contributed by atoms with Crippen LogP contribution >= 0.6 is 0 Å². The summed E-state index contributed by atoms with van der Waals surface area (Å²) in [6.45, 7) is 3.71. The van der Waals surface area contributed by atoms with Crippen molar-refractivity contribution in [3.05, 3.63) is 65.5 Å². The molecule has 4 nitrogen and oxygen atoms in total. The van der Waals surface area contributed by atoms with Gasteiger partial charge in [0.25, 0.3) is 0 Å². The number of hydrogen-bond acceptors (Lipinski definition) is 3. The monoisotopic (exact) mass is 387 g/mol. The van der Waals surface area contributed by atoms with Gasteiger partial charge in [-0.15, -0.1) is 0 Å². The number of likely N-dealkylation sites (tertiary alicyclic amines) is 1.